The number of H-pyrrole nitrogens is 1. The Hall–Kier alpha value is -2.14. The maximum absolute atomic E-state index is 4.59. The van der Waals surface area contributed by atoms with Crippen molar-refractivity contribution in [2.45, 2.75) is 32.7 Å². The Morgan fingerprint density at radius 2 is 2.32 bits per heavy atom. The molecule has 0 bridgehead atoms. The highest BCUT2D eigenvalue weighted by atomic mass is 15.4. The van der Waals surface area contributed by atoms with E-state index in [0.29, 0.717) is 5.54 Å². The number of allylic oxidation sites excluding steroid dienone is 3. The van der Waals surface area contributed by atoms with E-state index < -0.39 is 0 Å². The number of hydrogen-bond acceptors (Lipinski definition) is 4. The molecule has 5 heteroatoms. The highest BCUT2D eigenvalue weighted by Gasteiger charge is 2.54. The first-order valence-electron chi connectivity index (χ1n) is 9.20. The summed E-state index contributed by atoms with van der Waals surface area (Å²) in [6.07, 6.45) is 11.3. The maximum atomic E-state index is 4.59. The molecule has 2 aliphatic rings. The largest absolute Gasteiger partial charge is 0.354 e. The van der Waals surface area contributed by atoms with Gasteiger partial charge in [0.05, 0.1) is 5.39 Å². The van der Waals surface area contributed by atoms with Gasteiger partial charge in [0.15, 0.2) is 0 Å². The molecule has 0 aromatic carbocycles. The van der Waals surface area contributed by atoms with Gasteiger partial charge in [-0.3, -0.25) is 4.90 Å². The minimum absolute atomic E-state index is 0.290. The van der Waals surface area contributed by atoms with Gasteiger partial charge in [0.25, 0.3) is 0 Å². The Morgan fingerprint density at radius 1 is 1.44 bits per heavy atom. The average Bonchev–Trinajstić information content (AvgIpc) is 3.27. The molecule has 5 nitrogen and oxygen atoms in total. The highest BCUT2D eigenvalue weighted by Crippen LogP contribution is 2.45. The van der Waals surface area contributed by atoms with Gasteiger partial charge in [-0.25, -0.2) is 9.97 Å². The molecule has 4 rings (SSSR count). The van der Waals surface area contributed by atoms with E-state index in [0.717, 1.165) is 42.4 Å². The molecule has 2 aliphatic heterocycles. The van der Waals surface area contributed by atoms with Crippen molar-refractivity contribution in [3.05, 3.63) is 42.4 Å². The van der Waals surface area contributed by atoms with Crippen molar-refractivity contribution >= 4 is 16.9 Å². The minimum atomic E-state index is 0.290. The molecule has 132 valence electrons. The van der Waals surface area contributed by atoms with E-state index in [1.807, 2.05) is 6.20 Å². The Kier molecular flexibility index (Phi) is 4.12. The van der Waals surface area contributed by atoms with Crippen LogP contribution in [0.15, 0.2) is 42.4 Å². The molecule has 1 N–H and O–H groups in total. The van der Waals surface area contributed by atoms with E-state index in [4.69, 9.17) is 0 Å². The van der Waals surface area contributed by atoms with Crippen molar-refractivity contribution in [1.29, 1.82) is 0 Å². The van der Waals surface area contributed by atoms with E-state index in [1.165, 1.54) is 18.5 Å². The molecule has 1 spiro atoms. The molecule has 2 saturated heterocycles. The van der Waals surface area contributed by atoms with Crippen molar-refractivity contribution < 1.29 is 0 Å². The second kappa shape index (κ2) is 6.30. The van der Waals surface area contributed by atoms with E-state index in [9.17, 15) is 0 Å². The minimum Gasteiger partial charge on any atom is -0.354 e. The smallest absolute Gasteiger partial charge is 0.142 e. The van der Waals surface area contributed by atoms with Gasteiger partial charge in [-0.15, -0.1) is 0 Å². The van der Waals surface area contributed by atoms with Crippen LogP contribution in [0.5, 0.6) is 0 Å². The first kappa shape index (κ1) is 16.3. The van der Waals surface area contributed by atoms with Crippen molar-refractivity contribution in [3.63, 3.8) is 0 Å². The standard InChI is InChI=1S/C20H27N5/c1-4-5-6-15(2)11-25-12-16(3)20(25)8-10-24(13-20)19-17-7-9-21-18(17)22-14-23-19/h4-7,9,14,16H,8,10-13H2,1-3H3,(H,21,22,23)/b5-4-,15-6+/t16-,20-/m0/s1. The Bertz CT molecular complexity index is 820. The molecular formula is C20H27N5. The predicted octanol–water partition coefficient (Wildman–Crippen LogP) is 3.38. The van der Waals surface area contributed by atoms with Crippen LogP contribution in [0, 0.1) is 5.92 Å². The number of aromatic amines is 1. The third kappa shape index (κ3) is 2.67. The number of fused-ring (bicyclic) bond motifs is 1. The first-order valence-corrected chi connectivity index (χ1v) is 9.20. The molecule has 2 atom stereocenters. The van der Waals surface area contributed by atoms with E-state index in [1.54, 1.807) is 6.33 Å². The molecule has 0 saturated carbocycles. The summed E-state index contributed by atoms with van der Waals surface area (Å²) in [6.45, 7) is 11.1. The van der Waals surface area contributed by atoms with E-state index in [-0.39, 0.29) is 0 Å². The normalized spacial score (nSPS) is 27.7. The van der Waals surface area contributed by atoms with Gasteiger partial charge in [-0.05, 0) is 32.3 Å². The molecule has 0 radical (unpaired) electrons. The zero-order valence-electron chi connectivity index (χ0n) is 15.4. The van der Waals surface area contributed by atoms with Gasteiger partial charge >= 0.3 is 0 Å². The lowest BCUT2D eigenvalue weighted by molar-refractivity contribution is -0.0503. The number of anilines is 1. The summed E-state index contributed by atoms with van der Waals surface area (Å²) in [7, 11) is 0. The van der Waals surface area contributed by atoms with Crippen LogP contribution in [-0.4, -0.2) is 51.6 Å². The molecule has 2 aromatic heterocycles. The van der Waals surface area contributed by atoms with Gasteiger partial charge in [0.1, 0.15) is 17.8 Å². The molecule has 2 aromatic rings. The van der Waals surface area contributed by atoms with Crippen LogP contribution in [0.1, 0.15) is 27.2 Å². The number of likely N-dealkylation sites (tertiary alicyclic amines) is 1. The predicted molar refractivity (Wildman–Crippen MR) is 103 cm³/mol. The van der Waals surface area contributed by atoms with Crippen molar-refractivity contribution in [3.8, 4) is 0 Å². The van der Waals surface area contributed by atoms with Gasteiger partial charge < -0.3 is 9.88 Å². The number of nitrogens with one attached hydrogen (secondary N) is 1. The second-order valence-corrected chi connectivity index (χ2v) is 7.53. The maximum Gasteiger partial charge on any atom is 0.142 e. The summed E-state index contributed by atoms with van der Waals surface area (Å²) >= 11 is 0. The lowest BCUT2D eigenvalue weighted by Gasteiger charge is -2.56. The van der Waals surface area contributed by atoms with Crippen molar-refractivity contribution in [1.82, 2.24) is 19.9 Å². The summed E-state index contributed by atoms with van der Waals surface area (Å²) in [5, 5.41) is 1.13. The number of rotatable bonds is 4. The first-order chi connectivity index (χ1) is 12.1. The van der Waals surface area contributed by atoms with Crippen molar-refractivity contribution in [2.75, 3.05) is 31.1 Å². The zero-order valence-corrected chi connectivity index (χ0v) is 15.4. The summed E-state index contributed by atoms with van der Waals surface area (Å²) < 4.78 is 0. The van der Waals surface area contributed by atoms with Crippen LogP contribution in [0.3, 0.4) is 0 Å². The van der Waals surface area contributed by atoms with Gasteiger partial charge in [-0.1, -0.05) is 30.7 Å². The third-order valence-electron chi connectivity index (χ3n) is 5.97. The molecule has 2 fully saturated rings. The van der Waals surface area contributed by atoms with Crippen molar-refractivity contribution in [2.24, 2.45) is 5.92 Å². The summed E-state index contributed by atoms with van der Waals surface area (Å²) in [4.78, 5) is 17.2. The van der Waals surface area contributed by atoms with E-state index >= 15 is 0 Å². The fourth-order valence-electron chi connectivity index (χ4n) is 4.49. The van der Waals surface area contributed by atoms with Crippen LogP contribution < -0.4 is 4.90 Å². The average molecular weight is 337 g/mol. The SMILES string of the molecule is C/C=C\C=C(/C)CN1C[C@H](C)[C@@]12CCN(c1ncnc3[nH]ccc13)C2. The number of hydrogen-bond donors (Lipinski definition) is 1. The fourth-order valence-corrected chi connectivity index (χ4v) is 4.49. The Labute approximate surface area is 149 Å². The van der Waals surface area contributed by atoms with Gasteiger partial charge in [0.2, 0.25) is 0 Å². The van der Waals surface area contributed by atoms with E-state index in [2.05, 4.69) is 69.8 Å². The third-order valence-corrected chi connectivity index (χ3v) is 5.97. The molecule has 0 aliphatic carbocycles. The molecule has 0 amide bonds. The van der Waals surface area contributed by atoms with Crippen LogP contribution in [0.2, 0.25) is 0 Å². The van der Waals surface area contributed by atoms with Crippen LogP contribution in [0.4, 0.5) is 5.82 Å². The molecule has 25 heavy (non-hydrogen) atoms. The second-order valence-electron chi connectivity index (χ2n) is 7.53. The summed E-state index contributed by atoms with van der Waals surface area (Å²) in [6, 6.07) is 2.08. The Morgan fingerprint density at radius 3 is 3.12 bits per heavy atom. The topological polar surface area (TPSA) is 48.1 Å². The van der Waals surface area contributed by atoms with Gasteiger partial charge in [-0.2, -0.15) is 0 Å². The Balaban J connectivity index is 1.55. The zero-order chi connectivity index (χ0) is 17.4. The lowest BCUT2D eigenvalue weighted by atomic mass is 9.74. The molecule has 0 unspecified atom stereocenters. The quantitative estimate of drug-likeness (QED) is 0.869. The number of nitrogens with zero attached hydrogens (tertiary/aromatic N) is 4. The van der Waals surface area contributed by atoms with Gasteiger partial charge in [0, 0.05) is 37.9 Å². The van der Waals surface area contributed by atoms with Crippen LogP contribution in [0.25, 0.3) is 11.0 Å². The molecular weight excluding hydrogens is 310 g/mol. The fraction of sp³-hybridized carbons (Fsp3) is 0.500. The lowest BCUT2D eigenvalue weighted by Crippen LogP contribution is -2.67. The summed E-state index contributed by atoms with van der Waals surface area (Å²) in [5.74, 6) is 1.80. The number of aromatic nitrogens is 3. The van der Waals surface area contributed by atoms with Crippen LogP contribution in [-0.2, 0) is 0 Å². The highest BCUT2D eigenvalue weighted by molar-refractivity contribution is 5.87. The van der Waals surface area contributed by atoms with Crippen LogP contribution >= 0.6 is 0 Å². The summed E-state index contributed by atoms with van der Waals surface area (Å²) in [5.41, 5.74) is 2.64. The monoisotopic (exact) mass is 337 g/mol. The molecule has 4 heterocycles.